The second kappa shape index (κ2) is 10.4. The van der Waals surface area contributed by atoms with Gasteiger partial charge in [0.05, 0.1) is 4.88 Å². The van der Waals surface area contributed by atoms with Crippen LogP contribution in [0.15, 0.2) is 72.9 Å². The van der Waals surface area contributed by atoms with E-state index in [0.717, 1.165) is 22.3 Å². The minimum Gasteiger partial charge on any atom is -0.444 e. The van der Waals surface area contributed by atoms with Gasteiger partial charge in [0.15, 0.2) is 11.5 Å². The van der Waals surface area contributed by atoms with Crippen LogP contribution in [0.3, 0.4) is 0 Å². The lowest BCUT2D eigenvalue weighted by Gasteiger charge is -2.36. The molecule has 6 nitrogen and oxygen atoms in total. The largest absolute Gasteiger partial charge is 0.444 e. The summed E-state index contributed by atoms with van der Waals surface area (Å²) in [7, 11) is 0. The Hall–Kier alpha value is -3.79. The minimum atomic E-state index is -4.54. The maximum absolute atomic E-state index is 13.5. The molecule has 1 aliphatic heterocycles. The third-order valence-electron chi connectivity index (χ3n) is 6.31. The maximum Gasteiger partial charge on any atom is 0.434 e. The van der Waals surface area contributed by atoms with Crippen molar-refractivity contribution in [3.05, 3.63) is 78.6 Å². The number of thiophene rings is 1. The number of piperazine rings is 1. The maximum atomic E-state index is 13.5. The highest BCUT2D eigenvalue weighted by Gasteiger charge is 2.35. The van der Waals surface area contributed by atoms with E-state index in [0.29, 0.717) is 36.7 Å². The highest BCUT2D eigenvalue weighted by Crippen LogP contribution is 2.38. The van der Waals surface area contributed by atoms with Crippen LogP contribution in [0.5, 0.6) is 0 Å². The van der Waals surface area contributed by atoms with Crippen molar-refractivity contribution < 1.29 is 22.7 Å². The van der Waals surface area contributed by atoms with Gasteiger partial charge in [-0.25, -0.2) is 9.78 Å². The first-order valence-corrected chi connectivity index (χ1v) is 13.5. The molecule has 2 aromatic heterocycles. The fraction of sp³-hybridized carbons (Fsp3) is 0.310. The predicted molar refractivity (Wildman–Crippen MR) is 147 cm³/mol. The zero-order chi connectivity index (χ0) is 27.8. The Morgan fingerprint density at radius 3 is 2.10 bits per heavy atom. The van der Waals surface area contributed by atoms with E-state index in [-0.39, 0.29) is 11.9 Å². The third kappa shape index (κ3) is 6.11. The molecule has 10 heteroatoms. The lowest BCUT2D eigenvalue weighted by Crippen LogP contribution is -2.50. The van der Waals surface area contributed by atoms with Gasteiger partial charge in [-0.2, -0.15) is 13.2 Å². The van der Waals surface area contributed by atoms with Crippen LogP contribution in [0.25, 0.3) is 26.8 Å². The summed E-state index contributed by atoms with van der Waals surface area (Å²) in [6.07, 6.45) is -3.79. The summed E-state index contributed by atoms with van der Waals surface area (Å²) in [6.45, 7) is 8.14. The smallest absolute Gasteiger partial charge is 0.434 e. The minimum absolute atomic E-state index is 0.254. The Morgan fingerprint density at radius 2 is 1.49 bits per heavy atom. The van der Waals surface area contributed by atoms with Crippen LogP contribution < -0.4 is 4.90 Å². The number of imidazole rings is 1. The second-order valence-corrected chi connectivity index (χ2v) is 11.4. The first-order chi connectivity index (χ1) is 18.5. The molecule has 0 aliphatic carbocycles. The van der Waals surface area contributed by atoms with E-state index in [4.69, 9.17) is 4.74 Å². The normalized spacial score (nSPS) is 14.5. The molecule has 1 aliphatic rings. The van der Waals surface area contributed by atoms with Crippen LogP contribution in [0.1, 0.15) is 26.5 Å². The lowest BCUT2D eigenvalue weighted by molar-refractivity contribution is -0.140. The lowest BCUT2D eigenvalue weighted by atomic mass is 10.1. The van der Waals surface area contributed by atoms with Gasteiger partial charge in [-0.15, -0.1) is 11.3 Å². The number of carbonyl (C=O) groups is 1. The van der Waals surface area contributed by atoms with Gasteiger partial charge >= 0.3 is 12.3 Å². The monoisotopic (exact) mass is 554 g/mol. The van der Waals surface area contributed by atoms with E-state index in [1.807, 2.05) is 63.2 Å². The summed E-state index contributed by atoms with van der Waals surface area (Å²) in [6, 6.07) is 20.7. The first kappa shape index (κ1) is 26.8. The summed E-state index contributed by atoms with van der Waals surface area (Å²) < 4.78 is 47.5. The van der Waals surface area contributed by atoms with Crippen molar-refractivity contribution in [2.24, 2.45) is 0 Å². The fourth-order valence-electron chi connectivity index (χ4n) is 4.40. The summed E-state index contributed by atoms with van der Waals surface area (Å²) in [5.74, 6) is 0.254. The number of para-hydroxylation sites is 1. The number of halogens is 3. The number of benzene rings is 2. The average molecular weight is 555 g/mol. The van der Waals surface area contributed by atoms with Crippen LogP contribution in [-0.2, 0) is 10.9 Å². The quantitative estimate of drug-likeness (QED) is 0.265. The Bertz CT molecular complexity index is 1430. The fourth-order valence-corrected chi connectivity index (χ4v) is 5.40. The average Bonchev–Trinajstić information content (AvgIpc) is 3.56. The van der Waals surface area contributed by atoms with E-state index in [9.17, 15) is 18.0 Å². The van der Waals surface area contributed by atoms with E-state index in [2.05, 4.69) is 9.88 Å². The number of hydrogen-bond donors (Lipinski definition) is 0. The van der Waals surface area contributed by atoms with Gasteiger partial charge in [0, 0.05) is 48.6 Å². The molecular weight excluding hydrogens is 525 g/mol. The Kier molecular flexibility index (Phi) is 7.15. The molecule has 0 radical (unpaired) electrons. The number of anilines is 1. The van der Waals surface area contributed by atoms with Gasteiger partial charge in [0.1, 0.15) is 5.60 Å². The van der Waals surface area contributed by atoms with Crippen molar-refractivity contribution in [1.82, 2.24) is 14.5 Å². The molecular formula is C29H29F3N4O2S. The third-order valence-corrected chi connectivity index (χ3v) is 7.44. The van der Waals surface area contributed by atoms with Crippen LogP contribution in [0.2, 0.25) is 0 Å². The first-order valence-electron chi connectivity index (χ1n) is 12.6. The number of alkyl halides is 3. The van der Waals surface area contributed by atoms with Crippen molar-refractivity contribution >= 4 is 23.1 Å². The Labute approximate surface area is 229 Å². The molecule has 2 aromatic carbocycles. The van der Waals surface area contributed by atoms with Crippen LogP contribution in [0.4, 0.5) is 23.7 Å². The van der Waals surface area contributed by atoms with Crippen LogP contribution >= 0.6 is 11.3 Å². The van der Waals surface area contributed by atoms with Crippen LogP contribution in [0, 0.1) is 0 Å². The predicted octanol–water partition coefficient (Wildman–Crippen LogP) is 7.34. The van der Waals surface area contributed by atoms with Gasteiger partial charge in [-0.05, 0) is 62.7 Å². The van der Waals surface area contributed by atoms with Crippen molar-refractivity contribution in [2.45, 2.75) is 32.5 Å². The molecule has 0 bridgehead atoms. The standard InChI is InChI=1S/C29H29F3N4O2S/c1-28(2,3)38-27(37)35-17-15-34(16-18-35)21-11-9-20(10-12-21)23-13-14-24(39-23)26-33-25(29(30,31)32)19-36(26)22-7-5-4-6-8-22/h4-14,19H,15-18H2,1-3H3. The zero-order valence-electron chi connectivity index (χ0n) is 21.9. The van der Waals surface area contributed by atoms with Gasteiger partial charge in [0.2, 0.25) is 0 Å². The summed E-state index contributed by atoms with van der Waals surface area (Å²) in [5.41, 5.74) is 1.19. The molecule has 0 N–H and O–H groups in total. The summed E-state index contributed by atoms with van der Waals surface area (Å²) in [5, 5.41) is 0. The van der Waals surface area contributed by atoms with E-state index < -0.39 is 17.5 Å². The van der Waals surface area contributed by atoms with Crippen molar-refractivity contribution in [3.8, 4) is 26.8 Å². The van der Waals surface area contributed by atoms with Gasteiger partial charge in [-0.3, -0.25) is 4.57 Å². The number of rotatable bonds is 4. The molecule has 0 atom stereocenters. The van der Waals surface area contributed by atoms with Gasteiger partial charge in [0.25, 0.3) is 0 Å². The molecule has 3 heterocycles. The zero-order valence-corrected chi connectivity index (χ0v) is 22.7. The molecule has 0 unspecified atom stereocenters. The van der Waals surface area contributed by atoms with Crippen molar-refractivity contribution in [1.29, 1.82) is 0 Å². The summed E-state index contributed by atoms with van der Waals surface area (Å²) in [4.78, 5) is 21.8. The molecule has 0 saturated carbocycles. The second-order valence-electron chi connectivity index (χ2n) is 10.3. The van der Waals surface area contributed by atoms with Crippen LogP contribution in [-0.4, -0.2) is 52.3 Å². The van der Waals surface area contributed by atoms with E-state index >= 15 is 0 Å². The Morgan fingerprint density at radius 1 is 0.846 bits per heavy atom. The van der Waals surface area contributed by atoms with Gasteiger partial charge < -0.3 is 14.5 Å². The van der Waals surface area contributed by atoms with Crippen molar-refractivity contribution in [3.63, 3.8) is 0 Å². The SMILES string of the molecule is CC(C)(C)OC(=O)N1CCN(c2ccc(-c3ccc(-c4nc(C(F)(F)F)cn4-c4ccccc4)s3)cc2)CC1. The number of amides is 1. The molecule has 5 rings (SSSR count). The van der Waals surface area contributed by atoms with Gasteiger partial charge in [-0.1, -0.05) is 30.3 Å². The molecule has 1 saturated heterocycles. The number of carbonyl (C=O) groups excluding carboxylic acids is 1. The van der Waals surface area contributed by atoms with E-state index in [1.54, 1.807) is 29.2 Å². The highest BCUT2D eigenvalue weighted by atomic mass is 32.1. The molecule has 204 valence electrons. The molecule has 1 fully saturated rings. The molecule has 4 aromatic rings. The number of hydrogen-bond acceptors (Lipinski definition) is 5. The molecule has 0 spiro atoms. The number of aromatic nitrogens is 2. The summed E-state index contributed by atoms with van der Waals surface area (Å²) >= 11 is 1.40. The molecule has 1 amide bonds. The molecule has 39 heavy (non-hydrogen) atoms. The number of ether oxygens (including phenoxy) is 1. The topological polar surface area (TPSA) is 50.6 Å². The van der Waals surface area contributed by atoms with E-state index in [1.165, 1.54) is 15.9 Å². The van der Waals surface area contributed by atoms with Crippen molar-refractivity contribution in [2.75, 3.05) is 31.1 Å². The highest BCUT2D eigenvalue weighted by molar-refractivity contribution is 7.18. The Balaban J connectivity index is 1.31. The number of nitrogens with zero attached hydrogens (tertiary/aromatic N) is 4.